The molecule has 1 aliphatic rings. The molecule has 128 valence electrons. The monoisotopic (exact) mass is 337 g/mol. The van der Waals surface area contributed by atoms with Crippen molar-refractivity contribution in [2.45, 2.75) is 13.3 Å². The molecule has 0 saturated carbocycles. The van der Waals surface area contributed by atoms with E-state index in [0.717, 1.165) is 16.7 Å². The van der Waals surface area contributed by atoms with E-state index in [2.05, 4.69) is 0 Å². The molecule has 3 rings (SSSR count). The van der Waals surface area contributed by atoms with Crippen molar-refractivity contribution in [2.75, 3.05) is 6.54 Å². The Hall–Kier alpha value is -3.21. The highest BCUT2D eigenvalue weighted by molar-refractivity contribution is 5.85. The van der Waals surface area contributed by atoms with Gasteiger partial charge in [0.05, 0.1) is 6.42 Å². The summed E-state index contributed by atoms with van der Waals surface area (Å²) < 4.78 is 5.68. The lowest BCUT2D eigenvalue weighted by Gasteiger charge is -2.23. The van der Waals surface area contributed by atoms with E-state index in [4.69, 9.17) is 9.84 Å². The van der Waals surface area contributed by atoms with Crippen molar-refractivity contribution in [2.24, 2.45) is 0 Å². The van der Waals surface area contributed by atoms with Crippen LogP contribution in [0.2, 0.25) is 0 Å². The van der Waals surface area contributed by atoms with Gasteiger partial charge >= 0.3 is 5.97 Å². The first-order valence-corrected chi connectivity index (χ1v) is 7.97. The number of benzene rings is 2. The van der Waals surface area contributed by atoms with E-state index in [9.17, 15) is 9.90 Å². The fourth-order valence-corrected chi connectivity index (χ4v) is 2.80. The Morgan fingerprint density at radius 3 is 2.60 bits per heavy atom. The van der Waals surface area contributed by atoms with Gasteiger partial charge in [-0.25, -0.2) is 0 Å². The van der Waals surface area contributed by atoms with Crippen LogP contribution in [0, 0.1) is 6.92 Å². The van der Waals surface area contributed by atoms with Gasteiger partial charge in [-0.1, -0.05) is 36.4 Å². The molecule has 5 nitrogen and oxygen atoms in total. The fourth-order valence-electron chi connectivity index (χ4n) is 2.80. The molecule has 0 radical (unpaired) electrons. The summed E-state index contributed by atoms with van der Waals surface area (Å²) in [6.07, 6.45) is 5.00. The van der Waals surface area contributed by atoms with Crippen LogP contribution in [0.4, 0.5) is 0 Å². The van der Waals surface area contributed by atoms with Crippen LogP contribution in [0.1, 0.15) is 17.5 Å². The minimum absolute atomic E-state index is 0.0265. The highest BCUT2D eigenvalue weighted by atomic mass is 16.5. The van der Waals surface area contributed by atoms with Crippen LogP contribution in [-0.2, 0) is 9.53 Å². The van der Waals surface area contributed by atoms with E-state index in [1.165, 1.54) is 6.26 Å². The van der Waals surface area contributed by atoms with Gasteiger partial charge in [0.15, 0.2) is 5.76 Å². The Balaban J connectivity index is 2.05. The second kappa shape index (κ2) is 7.13. The molecule has 0 fully saturated rings. The smallest absolute Gasteiger partial charge is 0.305 e. The number of carboxylic acid groups (broad SMARTS) is 1. The summed E-state index contributed by atoms with van der Waals surface area (Å²) in [4.78, 5) is 12.6. The average Bonchev–Trinajstić information content (AvgIpc) is 2.62. The van der Waals surface area contributed by atoms with Crippen LogP contribution in [0.25, 0.3) is 16.9 Å². The molecule has 1 aliphatic heterocycles. The maximum absolute atomic E-state index is 10.8. The first-order valence-electron chi connectivity index (χ1n) is 7.97. The zero-order valence-electron chi connectivity index (χ0n) is 13.8. The van der Waals surface area contributed by atoms with Crippen LogP contribution >= 0.6 is 0 Å². The normalized spacial score (nSPS) is 13.3. The van der Waals surface area contributed by atoms with Crippen LogP contribution in [-0.4, -0.2) is 27.6 Å². The minimum Gasteiger partial charge on any atom is -0.507 e. The molecule has 2 aromatic rings. The molecule has 2 N–H and O–H groups in total. The number of aromatic hydroxyl groups is 1. The maximum atomic E-state index is 10.8. The molecular weight excluding hydrogens is 318 g/mol. The van der Waals surface area contributed by atoms with Gasteiger partial charge in [-0.2, -0.15) is 0 Å². The Kier molecular flexibility index (Phi) is 4.75. The third-order valence-electron chi connectivity index (χ3n) is 4.01. The number of aliphatic carboxylic acids is 1. The lowest BCUT2D eigenvalue weighted by atomic mass is 9.93. The van der Waals surface area contributed by atoms with Crippen molar-refractivity contribution >= 4 is 11.7 Å². The molecule has 2 aromatic carbocycles. The van der Waals surface area contributed by atoms with Crippen molar-refractivity contribution in [3.63, 3.8) is 0 Å². The molecule has 0 saturated heterocycles. The molecule has 0 unspecified atom stereocenters. The lowest BCUT2D eigenvalue weighted by molar-refractivity contribution is -0.137. The summed E-state index contributed by atoms with van der Waals surface area (Å²) >= 11 is 0. The Morgan fingerprint density at radius 2 is 1.88 bits per heavy atom. The number of rotatable bonds is 5. The standard InChI is InChI=1S/C20H19NO4/c1-14-7-8-16(22)20(15-5-3-2-4-6-15)19(14)17-13-21(11-12-25-17)10-9-18(23)24/h2-8,11-13,22H,9-10H2,1H3,(H,23,24). The first-order chi connectivity index (χ1) is 12.1. The molecule has 0 amide bonds. The van der Waals surface area contributed by atoms with E-state index in [-0.39, 0.29) is 12.2 Å². The van der Waals surface area contributed by atoms with Gasteiger partial charge in [0.1, 0.15) is 12.0 Å². The van der Waals surface area contributed by atoms with Crippen LogP contribution in [0.5, 0.6) is 5.75 Å². The summed E-state index contributed by atoms with van der Waals surface area (Å²) in [5, 5.41) is 19.3. The predicted molar refractivity (Wildman–Crippen MR) is 95.4 cm³/mol. The molecule has 1 heterocycles. The molecule has 0 aromatic heterocycles. The fraction of sp³-hybridized carbons (Fsp3) is 0.150. The number of phenols is 1. The highest BCUT2D eigenvalue weighted by Crippen LogP contribution is 2.39. The summed E-state index contributed by atoms with van der Waals surface area (Å²) in [5.41, 5.74) is 3.32. The summed E-state index contributed by atoms with van der Waals surface area (Å²) in [6.45, 7) is 2.29. The number of hydrogen-bond donors (Lipinski definition) is 2. The van der Waals surface area contributed by atoms with Crippen molar-refractivity contribution in [3.05, 3.63) is 72.3 Å². The number of phenolic OH excluding ortho intramolecular Hbond substituents is 1. The third-order valence-corrected chi connectivity index (χ3v) is 4.01. The largest absolute Gasteiger partial charge is 0.507 e. The SMILES string of the molecule is Cc1ccc(O)c(-c2ccccc2)c1C1=CN(CCC(=O)O)C=CO1. The van der Waals surface area contributed by atoms with Gasteiger partial charge in [0, 0.05) is 30.1 Å². The van der Waals surface area contributed by atoms with Crippen molar-refractivity contribution in [1.29, 1.82) is 0 Å². The first kappa shape index (κ1) is 16.6. The third kappa shape index (κ3) is 3.66. The number of hydrogen-bond acceptors (Lipinski definition) is 4. The van der Waals surface area contributed by atoms with E-state index in [0.29, 0.717) is 17.9 Å². The zero-order valence-corrected chi connectivity index (χ0v) is 13.8. The Labute approximate surface area is 146 Å². The van der Waals surface area contributed by atoms with Gasteiger partial charge in [-0.3, -0.25) is 4.79 Å². The molecular formula is C20H19NO4. The van der Waals surface area contributed by atoms with E-state index < -0.39 is 5.97 Å². The minimum atomic E-state index is -0.853. The highest BCUT2D eigenvalue weighted by Gasteiger charge is 2.20. The molecule has 0 atom stereocenters. The second-order valence-electron chi connectivity index (χ2n) is 5.80. The number of aryl methyl sites for hydroxylation is 1. The quantitative estimate of drug-likeness (QED) is 0.865. The van der Waals surface area contributed by atoms with Gasteiger partial charge in [-0.15, -0.1) is 0 Å². The van der Waals surface area contributed by atoms with E-state index in [1.807, 2.05) is 43.3 Å². The summed E-state index contributed by atoms with van der Waals surface area (Å²) in [5.74, 6) is -0.114. The van der Waals surface area contributed by atoms with Crippen LogP contribution in [0.3, 0.4) is 0 Å². The molecule has 25 heavy (non-hydrogen) atoms. The molecule has 5 heteroatoms. The predicted octanol–water partition coefficient (Wildman–Crippen LogP) is 3.94. The maximum Gasteiger partial charge on any atom is 0.305 e. The molecule has 0 bridgehead atoms. The summed E-state index contributed by atoms with van der Waals surface area (Å²) in [6, 6.07) is 13.1. The van der Waals surface area contributed by atoms with Crippen LogP contribution in [0.15, 0.2) is 61.1 Å². The average molecular weight is 337 g/mol. The Bertz CT molecular complexity index is 840. The number of carboxylic acids is 1. The molecule has 0 aliphatic carbocycles. The summed E-state index contributed by atoms with van der Waals surface area (Å²) in [7, 11) is 0. The number of nitrogens with zero attached hydrogens (tertiary/aromatic N) is 1. The van der Waals surface area contributed by atoms with Gasteiger partial charge in [-0.05, 0) is 24.1 Å². The van der Waals surface area contributed by atoms with Crippen molar-refractivity contribution in [1.82, 2.24) is 4.90 Å². The topological polar surface area (TPSA) is 70.0 Å². The Morgan fingerprint density at radius 1 is 1.12 bits per heavy atom. The van der Waals surface area contributed by atoms with Crippen molar-refractivity contribution < 1.29 is 19.7 Å². The van der Waals surface area contributed by atoms with Gasteiger partial charge in [0.2, 0.25) is 0 Å². The van der Waals surface area contributed by atoms with Crippen LogP contribution < -0.4 is 0 Å². The van der Waals surface area contributed by atoms with Gasteiger partial charge in [0.25, 0.3) is 0 Å². The number of ether oxygens (including phenoxy) is 1. The lowest BCUT2D eigenvalue weighted by Crippen LogP contribution is -2.18. The second-order valence-corrected chi connectivity index (χ2v) is 5.80. The van der Waals surface area contributed by atoms with Crippen molar-refractivity contribution in [3.8, 4) is 16.9 Å². The zero-order chi connectivity index (χ0) is 17.8. The molecule has 0 spiro atoms. The number of carbonyl (C=O) groups is 1. The van der Waals surface area contributed by atoms with E-state index in [1.54, 1.807) is 23.4 Å². The van der Waals surface area contributed by atoms with Gasteiger partial charge < -0.3 is 19.8 Å². The van der Waals surface area contributed by atoms with E-state index >= 15 is 0 Å².